The molecule has 2 heterocycles. The Balaban J connectivity index is 1.46. The zero-order valence-corrected chi connectivity index (χ0v) is 18.4. The summed E-state index contributed by atoms with van der Waals surface area (Å²) in [6.07, 6.45) is 1.41. The number of halogens is 2. The molecule has 1 atom stereocenters. The van der Waals surface area contributed by atoms with Crippen molar-refractivity contribution in [2.75, 3.05) is 31.6 Å². The molecule has 1 amide bonds. The van der Waals surface area contributed by atoms with E-state index >= 15 is 0 Å². The quantitative estimate of drug-likeness (QED) is 0.566. The highest BCUT2D eigenvalue weighted by molar-refractivity contribution is 6.30. The van der Waals surface area contributed by atoms with Crippen molar-refractivity contribution in [1.82, 2.24) is 14.9 Å². The summed E-state index contributed by atoms with van der Waals surface area (Å²) in [5, 5.41) is -0.0264. The molecule has 0 aliphatic carbocycles. The number of nitrogens with zero attached hydrogens (tertiary/aromatic N) is 4. The Labute approximate surface area is 190 Å². The second-order valence-corrected chi connectivity index (χ2v) is 7.79. The van der Waals surface area contributed by atoms with Gasteiger partial charge in [0.1, 0.15) is 29.5 Å². The van der Waals surface area contributed by atoms with Gasteiger partial charge in [-0.3, -0.25) is 4.79 Å². The Morgan fingerprint density at radius 2 is 1.97 bits per heavy atom. The molecule has 3 aromatic rings. The molecule has 0 saturated carbocycles. The van der Waals surface area contributed by atoms with Crippen LogP contribution in [0.5, 0.6) is 17.4 Å². The highest BCUT2D eigenvalue weighted by atomic mass is 35.5. The highest BCUT2D eigenvalue weighted by Crippen LogP contribution is 2.28. The van der Waals surface area contributed by atoms with Crippen molar-refractivity contribution in [2.45, 2.75) is 13.0 Å². The Bertz CT molecular complexity index is 1130. The van der Waals surface area contributed by atoms with Gasteiger partial charge in [-0.2, -0.15) is 0 Å². The molecule has 32 heavy (non-hydrogen) atoms. The van der Waals surface area contributed by atoms with Gasteiger partial charge in [0.15, 0.2) is 0 Å². The van der Waals surface area contributed by atoms with Crippen LogP contribution < -0.4 is 14.4 Å². The predicted molar refractivity (Wildman–Crippen MR) is 119 cm³/mol. The highest BCUT2D eigenvalue weighted by Gasteiger charge is 2.30. The van der Waals surface area contributed by atoms with E-state index in [0.717, 1.165) is 0 Å². The lowest BCUT2D eigenvalue weighted by molar-refractivity contribution is 0.0670. The van der Waals surface area contributed by atoms with Crippen LogP contribution in [0.1, 0.15) is 17.3 Å². The lowest BCUT2D eigenvalue weighted by atomic mass is 10.1. The molecule has 0 radical (unpaired) electrons. The summed E-state index contributed by atoms with van der Waals surface area (Å²) >= 11 is 5.82. The van der Waals surface area contributed by atoms with Gasteiger partial charge in [0.25, 0.3) is 5.91 Å². The summed E-state index contributed by atoms with van der Waals surface area (Å²) in [5.41, 5.74) is 0.547. The number of hydrogen-bond acceptors (Lipinski definition) is 6. The van der Waals surface area contributed by atoms with Crippen LogP contribution in [-0.4, -0.2) is 53.6 Å². The fourth-order valence-electron chi connectivity index (χ4n) is 3.66. The number of methoxy groups -OCH3 is 1. The van der Waals surface area contributed by atoms with E-state index in [4.69, 9.17) is 21.1 Å². The van der Waals surface area contributed by atoms with Crippen LogP contribution in [-0.2, 0) is 0 Å². The third-order valence-corrected chi connectivity index (χ3v) is 5.58. The Morgan fingerprint density at radius 3 is 2.72 bits per heavy atom. The van der Waals surface area contributed by atoms with Crippen LogP contribution in [0.2, 0.25) is 5.02 Å². The molecule has 1 aromatic heterocycles. The largest absolute Gasteiger partial charge is 0.496 e. The van der Waals surface area contributed by atoms with Gasteiger partial charge in [0, 0.05) is 37.8 Å². The van der Waals surface area contributed by atoms with Gasteiger partial charge in [-0.25, -0.2) is 14.4 Å². The summed E-state index contributed by atoms with van der Waals surface area (Å²) in [7, 11) is 1.56. The Hall–Kier alpha value is -3.39. The Kier molecular flexibility index (Phi) is 6.41. The maximum Gasteiger partial charge on any atom is 0.257 e. The predicted octanol–water partition coefficient (Wildman–Crippen LogP) is 4.42. The lowest BCUT2D eigenvalue weighted by Gasteiger charge is -2.40. The SMILES string of the molecule is COc1ccccc1C(=O)N1CCN(c2cc(Oc3ccc(F)c(Cl)c3)ncn2)CC1C. The van der Waals surface area contributed by atoms with Gasteiger partial charge >= 0.3 is 0 Å². The molecule has 1 unspecified atom stereocenters. The van der Waals surface area contributed by atoms with Crippen molar-refractivity contribution in [3.05, 3.63) is 71.3 Å². The van der Waals surface area contributed by atoms with Gasteiger partial charge < -0.3 is 19.3 Å². The minimum Gasteiger partial charge on any atom is -0.496 e. The van der Waals surface area contributed by atoms with Crippen LogP contribution in [0.15, 0.2) is 54.9 Å². The summed E-state index contributed by atoms with van der Waals surface area (Å²) in [6, 6.07) is 13.0. The smallest absolute Gasteiger partial charge is 0.257 e. The third-order valence-electron chi connectivity index (χ3n) is 5.29. The van der Waals surface area contributed by atoms with Crippen LogP contribution in [0.3, 0.4) is 0 Å². The molecule has 4 rings (SSSR count). The standard InChI is InChI=1S/C23H22ClFN4O3/c1-15-13-28(9-10-29(15)23(30)17-5-3-4-6-20(17)31-2)21-12-22(27-14-26-21)32-16-7-8-19(25)18(24)11-16/h3-8,11-12,14-15H,9-10,13H2,1-2H3. The van der Waals surface area contributed by atoms with Crippen molar-refractivity contribution < 1.29 is 18.7 Å². The molecule has 7 nitrogen and oxygen atoms in total. The first kappa shape index (κ1) is 21.8. The second kappa shape index (κ2) is 9.40. The fourth-order valence-corrected chi connectivity index (χ4v) is 3.83. The second-order valence-electron chi connectivity index (χ2n) is 7.39. The van der Waals surface area contributed by atoms with Crippen LogP contribution >= 0.6 is 11.6 Å². The first-order valence-corrected chi connectivity index (χ1v) is 10.5. The number of anilines is 1. The van der Waals surface area contributed by atoms with Crippen molar-refractivity contribution in [3.63, 3.8) is 0 Å². The maximum absolute atomic E-state index is 13.4. The van der Waals surface area contributed by atoms with E-state index in [9.17, 15) is 9.18 Å². The summed E-state index contributed by atoms with van der Waals surface area (Å²) in [4.78, 5) is 25.5. The summed E-state index contributed by atoms with van der Waals surface area (Å²) in [5.74, 6) is 1.36. The van der Waals surface area contributed by atoms with Crippen LogP contribution in [0, 0.1) is 5.82 Å². The van der Waals surface area contributed by atoms with E-state index in [1.54, 1.807) is 25.3 Å². The first-order chi connectivity index (χ1) is 15.5. The zero-order chi connectivity index (χ0) is 22.7. The van der Waals surface area contributed by atoms with Crippen molar-refractivity contribution in [2.24, 2.45) is 0 Å². The number of carbonyl (C=O) groups is 1. The lowest BCUT2D eigenvalue weighted by Crippen LogP contribution is -2.54. The van der Waals surface area contributed by atoms with E-state index < -0.39 is 5.82 Å². The van der Waals surface area contributed by atoms with E-state index in [-0.39, 0.29) is 17.0 Å². The van der Waals surface area contributed by atoms with E-state index in [0.29, 0.717) is 48.4 Å². The number of benzene rings is 2. The Morgan fingerprint density at radius 1 is 1.16 bits per heavy atom. The topological polar surface area (TPSA) is 67.8 Å². The number of aromatic nitrogens is 2. The van der Waals surface area contributed by atoms with Crippen molar-refractivity contribution in [3.8, 4) is 17.4 Å². The minimum absolute atomic E-state index is 0.0264. The fraction of sp³-hybridized carbons (Fsp3) is 0.261. The number of hydrogen-bond donors (Lipinski definition) is 0. The number of piperazine rings is 1. The number of carbonyl (C=O) groups excluding carboxylic acids is 1. The van der Waals surface area contributed by atoms with E-state index in [2.05, 4.69) is 14.9 Å². The number of rotatable bonds is 5. The molecule has 1 fully saturated rings. The molecule has 0 N–H and O–H groups in total. The normalized spacial score (nSPS) is 16.1. The number of amides is 1. The number of ether oxygens (including phenoxy) is 2. The average Bonchev–Trinajstić information content (AvgIpc) is 2.81. The maximum atomic E-state index is 13.4. The van der Waals surface area contributed by atoms with Gasteiger partial charge in [-0.15, -0.1) is 0 Å². The van der Waals surface area contributed by atoms with Gasteiger partial charge in [0.2, 0.25) is 5.88 Å². The number of para-hydroxylation sites is 1. The molecular formula is C23H22ClFN4O3. The molecule has 1 saturated heterocycles. The molecule has 9 heteroatoms. The summed E-state index contributed by atoms with van der Waals surface area (Å²) < 4.78 is 24.4. The molecular weight excluding hydrogens is 435 g/mol. The molecule has 166 valence electrons. The summed E-state index contributed by atoms with van der Waals surface area (Å²) in [6.45, 7) is 3.73. The molecule has 1 aliphatic rings. The third kappa shape index (κ3) is 4.60. The zero-order valence-electron chi connectivity index (χ0n) is 17.7. The van der Waals surface area contributed by atoms with Crippen LogP contribution in [0.25, 0.3) is 0 Å². The van der Waals surface area contributed by atoms with Crippen molar-refractivity contribution in [1.29, 1.82) is 0 Å². The van der Waals surface area contributed by atoms with E-state index in [1.807, 2.05) is 24.0 Å². The molecule has 2 aromatic carbocycles. The monoisotopic (exact) mass is 456 g/mol. The molecule has 0 bridgehead atoms. The van der Waals surface area contributed by atoms with Gasteiger partial charge in [-0.1, -0.05) is 23.7 Å². The van der Waals surface area contributed by atoms with Gasteiger partial charge in [-0.05, 0) is 31.2 Å². The molecule has 1 aliphatic heterocycles. The first-order valence-electron chi connectivity index (χ1n) is 10.1. The van der Waals surface area contributed by atoms with Crippen molar-refractivity contribution >= 4 is 23.3 Å². The minimum atomic E-state index is -0.517. The average molecular weight is 457 g/mol. The van der Waals surface area contributed by atoms with Crippen LogP contribution in [0.4, 0.5) is 10.2 Å². The van der Waals surface area contributed by atoms with Gasteiger partial charge in [0.05, 0.1) is 17.7 Å². The van der Waals surface area contributed by atoms with E-state index in [1.165, 1.54) is 24.5 Å². The molecule has 0 spiro atoms.